The van der Waals surface area contributed by atoms with Gasteiger partial charge in [-0.05, 0) is 0 Å². The predicted molar refractivity (Wildman–Crippen MR) is 61.6 cm³/mol. The van der Waals surface area contributed by atoms with E-state index < -0.39 is 37.8 Å². The van der Waals surface area contributed by atoms with Crippen LogP contribution >= 0.6 is 0 Å². The average Bonchev–Trinajstić information content (AvgIpc) is 3.21. The van der Waals surface area contributed by atoms with Gasteiger partial charge in [0.25, 0.3) is 0 Å². The van der Waals surface area contributed by atoms with E-state index in [1.165, 1.54) is 13.1 Å². The Morgan fingerprint density at radius 1 is 1.06 bits per heavy atom. The Balaban J connectivity index is 0. The zero-order chi connectivity index (χ0) is 13.7. The number of rotatable bonds is 5. The highest BCUT2D eigenvalue weighted by molar-refractivity contribution is 5.66. The van der Waals surface area contributed by atoms with Crippen LogP contribution in [0, 0.1) is 5.41 Å². The summed E-state index contributed by atoms with van der Waals surface area (Å²) in [6.07, 6.45) is 0.222. The Labute approximate surface area is 101 Å². The van der Waals surface area contributed by atoms with Crippen LogP contribution in [0.2, 0.25) is 0 Å². The van der Waals surface area contributed by atoms with E-state index in [0.29, 0.717) is 0 Å². The summed E-state index contributed by atoms with van der Waals surface area (Å²) in [6.45, 7) is 2.47. The number of nitrogens with one attached hydrogen (secondary N) is 1. The molecule has 0 aromatic rings. The summed E-state index contributed by atoms with van der Waals surface area (Å²) in [6, 6.07) is 0. The molecule has 0 aromatic heterocycles. The van der Waals surface area contributed by atoms with Gasteiger partial charge in [0.1, 0.15) is 0 Å². The molecule has 17 heavy (non-hydrogen) atoms. The van der Waals surface area contributed by atoms with Gasteiger partial charge in [-0.2, -0.15) is 0 Å². The SMILES string of the molecule is C1CN1.CCC(=O)O.OCC(CO)(CO)CO. The molecule has 1 rings (SSSR count). The third-order valence-corrected chi connectivity index (χ3v) is 1.89. The van der Waals surface area contributed by atoms with Gasteiger partial charge in [-0.25, -0.2) is 0 Å². The number of hydrogen-bond donors (Lipinski definition) is 6. The fraction of sp³-hybridized carbons (Fsp3) is 0.900. The first-order valence-corrected chi connectivity index (χ1v) is 5.37. The van der Waals surface area contributed by atoms with Crippen LogP contribution in [0.25, 0.3) is 0 Å². The summed E-state index contributed by atoms with van der Waals surface area (Å²) >= 11 is 0. The summed E-state index contributed by atoms with van der Waals surface area (Å²) in [4.78, 5) is 9.37. The molecule has 7 nitrogen and oxygen atoms in total. The molecule has 0 saturated carbocycles. The zero-order valence-electron chi connectivity index (χ0n) is 10.1. The number of aliphatic hydroxyl groups excluding tert-OH is 4. The molecular weight excluding hydrogens is 230 g/mol. The Kier molecular flexibility index (Phi) is 12.9. The van der Waals surface area contributed by atoms with Gasteiger partial charge in [-0.1, -0.05) is 6.92 Å². The van der Waals surface area contributed by atoms with Crippen molar-refractivity contribution in [2.24, 2.45) is 5.41 Å². The van der Waals surface area contributed by atoms with Crippen molar-refractivity contribution >= 4 is 5.97 Å². The standard InChI is InChI=1S/C5H12O4.C3H6O2.C2H5N/c6-1-5(2-7,3-8)4-9;1-2-3(4)5;1-2-3-1/h6-9H,1-4H2;2H2,1H3,(H,4,5);3H,1-2H2. The number of aliphatic carboxylic acids is 1. The van der Waals surface area contributed by atoms with Crippen LogP contribution in [0.5, 0.6) is 0 Å². The first kappa shape index (κ1) is 18.6. The Morgan fingerprint density at radius 3 is 1.29 bits per heavy atom. The first-order valence-electron chi connectivity index (χ1n) is 5.37. The molecule has 0 unspecified atom stereocenters. The molecule has 0 aromatic carbocycles. The van der Waals surface area contributed by atoms with Crippen LogP contribution in [0.15, 0.2) is 0 Å². The molecule has 1 aliphatic heterocycles. The molecule has 104 valence electrons. The van der Waals surface area contributed by atoms with Crippen LogP contribution in [0.1, 0.15) is 13.3 Å². The summed E-state index contributed by atoms with van der Waals surface area (Å²) in [5, 5.41) is 44.7. The lowest BCUT2D eigenvalue weighted by molar-refractivity contribution is -0.136. The fourth-order valence-electron chi connectivity index (χ4n) is 0.300. The highest BCUT2D eigenvalue weighted by atomic mass is 16.4. The minimum absolute atomic E-state index is 0.222. The average molecular weight is 253 g/mol. The second kappa shape index (κ2) is 11.7. The molecule has 0 bridgehead atoms. The van der Waals surface area contributed by atoms with Crippen molar-refractivity contribution in [3.63, 3.8) is 0 Å². The molecule has 1 aliphatic rings. The van der Waals surface area contributed by atoms with Crippen molar-refractivity contribution in [1.29, 1.82) is 0 Å². The van der Waals surface area contributed by atoms with Gasteiger partial charge in [0, 0.05) is 19.5 Å². The quantitative estimate of drug-likeness (QED) is 0.312. The topological polar surface area (TPSA) is 140 Å². The fourth-order valence-corrected chi connectivity index (χ4v) is 0.300. The van der Waals surface area contributed by atoms with Crippen LogP contribution in [0.3, 0.4) is 0 Å². The van der Waals surface area contributed by atoms with E-state index in [4.69, 9.17) is 25.5 Å². The van der Waals surface area contributed by atoms with E-state index in [1.807, 2.05) is 0 Å². The van der Waals surface area contributed by atoms with Crippen molar-refractivity contribution in [3.8, 4) is 0 Å². The minimum atomic E-state index is -1.11. The predicted octanol–water partition coefficient (Wildman–Crippen LogP) is -1.99. The third kappa shape index (κ3) is 13.2. The maximum Gasteiger partial charge on any atom is 0.303 e. The molecule has 0 spiro atoms. The van der Waals surface area contributed by atoms with Gasteiger partial charge in [0.05, 0.1) is 31.8 Å². The molecule has 1 heterocycles. The largest absolute Gasteiger partial charge is 0.481 e. The van der Waals surface area contributed by atoms with Gasteiger partial charge >= 0.3 is 5.97 Å². The van der Waals surface area contributed by atoms with E-state index in [9.17, 15) is 4.79 Å². The van der Waals surface area contributed by atoms with Gasteiger partial charge < -0.3 is 30.8 Å². The lowest BCUT2D eigenvalue weighted by atomic mass is 9.93. The number of carbonyl (C=O) groups is 1. The number of hydrogen-bond acceptors (Lipinski definition) is 6. The van der Waals surface area contributed by atoms with Crippen molar-refractivity contribution in [2.75, 3.05) is 39.5 Å². The molecule has 1 fully saturated rings. The maximum atomic E-state index is 9.37. The van der Waals surface area contributed by atoms with E-state index in [0.717, 1.165) is 0 Å². The summed E-state index contributed by atoms with van der Waals surface area (Å²) in [7, 11) is 0. The van der Waals surface area contributed by atoms with E-state index in [1.54, 1.807) is 6.92 Å². The molecule has 0 atom stereocenters. The number of carboxylic acids is 1. The van der Waals surface area contributed by atoms with E-state index >= 15 is 0 Å². The maximum absolute atomic E-state index is 9.37. The monoisotopic (exact) mass is 253 g/mol. The summed E-state index contributed by atoms with van der Waals surface area (Å²) in [5.41, 5.74) is -1.11. The smallest absolute Gasteiger partial charge is 0.303 e. The third-order valence-electron chi connectivity index (χ3n) is 1.89. The Bertz CT molecular complexity index is 161. The van der Waals surface area contributed by atoms with Crippen molar-refractivity contribution in [2.45, 2.75) is 13.3 Å². The molecular formula is C10H23NO6. The highest BCUT2D eigenvalue weighted by Gasteiger charge is 2.26. The summed E-state index contributed by atoms with van der Waals surface area (Å²) < 4.78 is 0. The molecule has 1 saturated heterocycles. The van der Waals surface area contributed by atoms with Gasteiger partial charge in [0.2, 0.25) is 0 Å². The van der Waals surface area contributed by atoms with E-state index in [-0.39, 0.29) is 6.42 Å². The number of aliphatic hydroxyl groups is 4. The second-order valence-electron chi connectivity index (χ2n) is 3.63. The Hall–Kier alpha value is -0.730. The minimum Gasteiger partial charge on any atom is -0.481 e. The lowest BCUT2D eigenvalue weighted by Crippen LogP contribution is -2.37. The van der Waals surface area contributed by atoms with Gasteiger partial charge in [-0.15, -0.1) is 0 Å². The Morgan fingerprint density at radius 2 is 1.29 bits per heavy atom. The normalized spacial score (nSPS) is 12.8. The van der Waals surface area contributed by atoms with Gasteiger partial charge in [0.15, 0.2) is 0 Å². The van der Waals surface area contributed by atoms with Crippen LogP contribution in [-0.2, 0) is 4.79 Å². The lowest BCUT2D eigenvalue weighted by Gasteiger charge is -2.23. The summed E-state index contributed by atoms with van der Waals surface area (Å²) in [5.74, 6) is -0.745. The molecule has 0 amide bonds. The molecule has 0 aliphatic carbocycles. The van der Waals surface area contributed by atoms with Crippen molar-refractivity contribution in [1.82, 2.24) is 5.32 Å². The van der Waals surface area contributed by atoms with Crippen LogP contribution < -0.4 is 5.32 Å². The van der Waals surface area contributed by atoms with Gasteiger partial charge in [-0.3, -0.25) is 4.79 Å². The van der Waals surface area contributed by atoms with Crippen molar-refractivity contribution in [3.05, 3.63) is 0 Å². The van der Waals surface area contributed by atoms with Crippen molar-refractivity contribution < 1.29 is 30.3 Å². The molecule has 7 heteroatoms. The second-order valence-corrected chi connectivity index (χ2v) is 3.63. The van der Waals surface area contributed by atoms with E-state index in [2.05, 4.69) is 5.32 Å². The number of carboxylic acid groups (broad SMARTS) is 1. The van der Waals surface area contributed by atoms with Crippen LogP contribution in [0.4, 0.5) is 0 Å². The zero-order valence-corrected chi connectivity index (χ0v) is 10.1. The first-order chi connectivity index (χ1) is 8.01. The molecule has 6 N–H and O–H groups in total. The highest BCUT2D eigenvalue weighted by Crippen LogP contribution is 2.11. The molecule has 0 radical (unpaired) electrons. The van der Waals surface area contributed by atoms with Crippen LogP contribution in [-0.4, -0.2) is 71.0 Å².